The lowest BCUT2D eigenvalue weighted by Gasteiger charge is -2.36. The molecule has 0 bridgehead atoms. The standard InChI is InChI=1S/C15H20N6O4/c1-19(9-14(18)22)7-12-8-20(2-3-25-12)11-4-10(6-16)15(21(23)24)13(17)5-11/h4-5,12H,2-3,7-9,17H2,1H3,(H2,18,22). The molecule has 1 aromatic carbocycles. The van der Waals surface area contributed by atoms with Crippen LogP contribution in [0.3, 0.4) is 0 Å². The van der Waals surface area contributed by atoms with Crippen LogP contribution < -0.4 is 16.4 Å². The van der Waals surface area contributed by atoms with Gasteiger partial charge in [0, 0.05) is 25.3 Å². The molecule has 0 aliphatic carbocycles. The summed E-state index contributed by atoms with van der Waals surface area (Å²) >= 11 is 0. The molecule has 1 heterocycles. The lowest BCUT2D eigenvalue weighted by Crippen LogP contribution is -2.48. The number of carbonyl (C=O) groups is 1. The van der Waals surface area contributed by atoms with E-state index in [1.54, 1.807) is 11.9 Å². The van der Waals surface area contributed by atoms with Crippen molar-refractivity contribution >= 4 is 23.0 Å². The van der Waals surface area contributed by atoms with Crippen molar-refractivity contribution in [2.45, 2.75) is 6.10 Å². The lowest BCUT2D eigenvalue weighted by atomic mass is 10.1. The summed E-state index contributed by atoms with van der Waals surface area (Å²) in [4.78, 5) is 25.1. The number of benzene rings is 1. The van der Waals surface area contributed by atoms with E-state index < -0.39 is 10.8 Å². The van der Waals surface area contributed by atoms with Gasteiger partial charge >= 0.3 is 5.69 Å². The molecule has 10 heteroatoms. The molecule has 0 aromatic heterocycles. The number of anilines is 2. The van der Waals surface area contributed by atoms with Gasteiger partial charge in [-0.1, -0.05) is 0 Å². The number of nitrogens with two attached hydrogens (primary N) is 2. The van der Waals surface area contributed by atoms with Crippen molar-refractivity contribution in [3.05, 3.63) is 27.8 Å². The first kappa shape index (κ1) is 18.4. The third-order valence-corrected chi connectivity index (χ3v) is 3.87. The second-order valence-corrected chi connectivity index (χ2v) is 5.90. The fraction of sp³-hybridized carbons (Fsp3) is 0.467. The smallest absolute Gasteiger partial charge is 0.309 e. The number of nitrogen functional groups attached to an aromatic ring is 1. The Labute approximate surface area is 144 Å². The van der Waals surface area contributed by atoms with Crippen molar-refractivity contribution < 1.29 is 14.5 Å². The van der Waals surface area contributed by atoms with E-state index in [0.29, 0.717) is 31.9 Å². The number of primary amides is 1. The first-order valence-electron chi connectivity index (χ1n) is 7.63. The van der Waals surface area contributed by atoms with Gasteiger partial charge in [0.15, 0.2) is 0 Å². The summed E-state index contributed by atoms with van der Waals surface area (Å²) in [6.07, 6.45) is -0.167. The summed E-state index contributed by atoms with van der Waals surface area (Å²) in [5.41, 5.74) is 11.1. The molecular formula is C15H20N6O4. The number of carbonyl (C=O) groups excluding carboxylic acids is 1. The number of nitro benzene ring substituents is 1. The Morgan fingerprint density at radius 3 is 2.92 bits per heavy atom. The second-order valence-electron chi connectivity index (χ2n) is 5.90. The van der Waals surface area contributed by atoms with Crippen LogP contribution in [0.1, 0.15) is 5.56 Å². The molecule has 1 saturated heterocycles. The largest absolute Gasteiger partial charge is 0.393 e. The Hall–Kier alpha value is -2.90. The van der Waals surface area contributed by atoms with Gasteiger partial charge in [0.25, 0.3) is 0 Å². The molecule has 1 aliphatic heterocycles. The molecule has 1 aliphatic rings. The van der Waals surface area contributed by atoms with Crippen LogP contribution in [0.4, 0.5) is 17.1 Å². The van der Waals surface area contributed by atoms with Gasteiger partial charge in [0.1, 0.15) is 17.3 Å². The lowest BCUT2D eigenvalue weighted by molar-refractivity contribution is -0.384. The molecule has 0 radical (unpaired) electrons. The highest BCUT2D eigenvalue weighted by Crippen LogP contribution is 2.32. The maximum Gasteiger partial charge on any atom is 0.309 e. The maximum absolute atomic E-state index is 11.0. The van der Waals surface area contributed by atoms with Gasteiger partial charge in [-0.05, 0) is 19.2 Å². The Bertz CT molecular complexity index is 717. The fourth-order valence-electron chi connectivity index (χ4n) is 2.86. The average molecular weight is 348 g/mol. The Balaban J connectivity index is 2.16. The van der Waals surface area contributed by atoms with E-state index in [1.165, 1.54) is 12.1 Å². The summed E-state index contributed by atoms with van der Waals surface area (Å²) in [5, 5.41) is 20.2. The molecular weight excluding hydrogens is 328 g/mol. The van der Waals surface area contributed by atoms with Crippen LogP contribution in [0.2, 0.25) is 0 Å². The van der Waals surface area contributed by atoms with E-state index in [4.69, 9.17) is 21.5 Å². The van der Waals surface area contributed by atoms with Gasteiger partial charge in [0.2, 0.25) is 5.91 Å². The van der Waals surface area contributed by atoms with Gasteiger partial charge < -0.3 is 21.1 Å². The first-order valence-corrected chi connectivity index (χ1v) is 7.63. The normalized spacial score (nSPS) is 17.3. The van der Waals surface area contributed by atoms with Crippen molar-refractivity contribution in [3.8, 4) is 6.07 Å². The van der Waals surface area contributed by atoms with Crippen LogP contribution in [0, 0.1) is 21.4 Å². The molecule has 1 fully saturated rings. The number of amides is 1. The minimum atomic E-state index is -0.654. The van der Waals surface area contributed by atoms with Crippen molar-refractivity contribution in [2.24, 2.45) is 5.73 Å². The zero-order chi connectivity index (χ0) is 18.6. The van der Waals surface area contributed by atoms with Crippen LogP contribution in [0.15, 0.2) is 12.1 Å². The number of hydrogen-bond acceptors (Lipinski definition) is 8. The number of ether oxygens (including phenoxy) is 1. The quantitative estimate of drug-likeness (QED) is 0.403. The molecule has 0 spiro atoms. The average Bonchev–Trinajstić information content (AvgIpc) is 2.52. The highest BCUT2D eigenvalue weighted by Gasteiger charge is 2.26. The van der Waals surface area contributed by atoms with Gasteiger partial charge in [-0.3, -0.25) is 19.8 Å². The second kappa shape index (κ2) is 7.78. The van der Waals surface area contributed by atoms with Crippen molar-refractivity contribution in [1.82, 2.24) is 4.90 Å². The number of nitro groups is 1. The Morgan fingerprint density at radius 1 is 1.60 bits per heavy atom. The van der Waals surface area contributed by atoms with Crippen LogP contribution >= 0.6 is 0 Å². The van der Waals surface area contributed by atoms with E-state index in [9.17, 15) is 14.9 Å². The first-order chi connectivity index (χ1) is 11.8. The van der Waals surface area contributed by atoms with Crippen molar-refractivity contribution in [2.75, 3.05) is 50.5 Å². The van der Waals surface area contributed by atoms with Gasteiger partial charge in [0.05, 0.1) is 24.2 Å². The highest BCUT2D eigenvalue weighted by atomic mass is 16.6. The minimum Gasteiger partial charge on any atom is -0.393 e. The van der Waals surface area contributed by atoms with Gasteiger partial charge in [-0.2, -0.15) is 5.26 Å². The van der Waals surface area contributed by atoms with E-state index >= 15 is 0 Å². The van der Waals surface area contributed by atoms with Crippen molar-refractivity contribution in [3.63, 3.8) is 0 Å². The van der Waals surface area contributed by atoms with E-state index in [2.05, 4.69) is 0 Å². The minimum absolute atomic E-state index is 0.0482. The van der Waals surface area contributed by atoms with Crippen LogP contribution in [0.25, 0.3) is 0 Å². The topological polar surface area (TPSA) is 152 Å². The van der Waals surface area contributed by atoms with Gasteiger partial charge in [-0.25, -0.2) is 0 Å². The number of morpholine rings is 1. The summed E-state index contributed by atoms with van der Waals surface area (Å²) in [5.74, 6) is -0.419. The number of rotatable bonds is 6. The zero-order valence-electron chi connectivity index (χ0n) is 13.8. The molecule has 1 aromatic rings. The monoisotopic (exact) mass is 348 g/mol. The predicted molar refractivity (Wildman–Crippen MR) is 90.9 cm³/mol. The molecule has 1 unspecified atom stereocenters. The van der Waals surface area contributed by atoms with E-state index in [-0.39, 0.29) is 29.6 Å². The maximum atomic E-state index is 11.0. The molecule has 1 atom stereocenters. The number of likely N-dealkylation sites (N-methyl/N-ethyl adjacent to an activating group) is 1. The molecule has 134 valence electrons. The highest BCUT2D eigenvalue weighted by molar-refractivity contribution is 5.76. The number of hydrogen-bond donors (Lipinski definition) is 2. The number of nitrogens with zero attached hydrogens (tertiary/aromatic N) is 4. The van der Waals surface area contributed by atoms with Crippen molar-refractivity contribution in [1.29, 1.82) is 5.26 Å². The number of nitriles is 1. The third-order valence-electron chi connectivity index (χ3n) is 3.87. The summed E-state index contributed by atoms with van der Waals surface area (Å²) in [6.45, 7) is 2.16. The van der Waals surface area contributed by atoms with Crippen LogP contribution in [-0.4, -0.2) is 61.7 Å². The molecule has 25 heavy (non-hydrogen) atoms. The third kappa shape index (κ3) is 4.56. The summed E-state index contributed by atoms with van der Waals surface area (Å²) in [7, 11) is 1.77. The summed E-state index contributed by atoms with van der Waals surface area (Å²) < 4.78 is 5.69. The van der Waals surface area contributed by atoms with Crippen LogP contribution in [-0.2, 0) is 9.53 Å². The predicted octanol–water partition coefficient (Wildman–Crippen LogP) is -0.329. The Morgan fingerprint density at radius 2 is 2.32 bits per heavy atom. The van der Waals surface area contributed by atoms with Crippen LogP contribution in [0.5, 0.6) is 0 Å². The molecule has 10 nitrogen and oxygen atoms in total. The molecule has 1 amide bonds. The SMILES string of the molecule is CN(CC(N)=O)CC1CN(c2cc(N)c([N+](=O)[O-])c(C#N)c2)CCO1. The molecule has 4 N–H and O–H groups in total. The van der Waals surface area contributed by atoms with E-state index in [1.807, 2.05) is 11.0 Å². The van der Waals surface area contributed by atoms with E-state index in [0.717, 1.165) is 0 Å². The molecule has 0 saturated carbocycles. The van der Waals surface area contributed by atoms with Gasteiger partial charge in [-0.15, -0.1) is 0 Å². The summed E-state index contributed by atoms with van der Waals surface area (Å²) in [6, 6.07) is 4.78. The fourth-order valence-corrected chi connectivity index (χ4v) is 2.86. The zero-order valence-corrected chi connectivity index (χ0v) is 13.8. The molecule has 2 rings (SSSR count). The Kier molecular flexibility index (Phi) is 5.74.